The van der Waals surface area contributed by atoms with E-state index in [4.69, 9.17) is 15.2 Å². The van der Waals surface area contributed by atoms with Gasteiger partial charge in [0.25, 0.3) is 0 Å². The van der Waals surface area contributed by atoms with Crippen LogP contribution in [0.2, 0.25) is 0 Å². The van der Waals surface area contributed by atoms with Crippen LogP contribution < -0.4 is 20.5 Å². The molecule has 4 N–H and O–H groups in total. The molecule has 29 heavy (non-hydrogen) atoms. The van der Waals surface area contributed by atoms with Crippen molar-refractivity contribution in [2.45, 2.75) is 19.1 Å². The van der Waals surface area contributed by atoms with E-state index in [1.54, 1.807) is 0 Å². The molecule has 0 aliphatic heterocycles. The Morgan fingerprint density at radius 1 is 0.828 bits per heavy atom. The molecule has 0 bridgehead atoms. The minimum atomic E-state index is -0.588. The van der Waals surface area contributed by atoms with Gasteiger partial charge in [-0.15, -0.1) is 0 Å². The van der Waals surface area contributed by atoms with Crippen molar-refractivity contribution >= 4 is 5.69 Å². The van der Waals surface area contributed by atoms with Crippen LogP contribution in [0.25, 0.3) is 0 Å². The Morgan fingerprint density at radius 3 is 2.31 bits per heavy atom. The lowest BCUT2D eigenvalue weighted by Gasteiger charge is -2.14. The molecule has 5 nitrogen and oxygen atoms in total. The second-order valence-electron chi connectivity index (χ2n) is 6.91. The number of nitrogens with one attached hydrogen (secondary N) is 1. The van der Waals surface area contributed by atoms with E-state index in [0.717, 1.165) is 30.0 Å². The van der Waals surface area contributed by atoms with Crippen molar-refractivity contribution in [2.24, 2.45) is 0 Å². The highest BCUT2D eigenvalue weighted by Gasteiger charge is 2.06. The van der Waals surface area contributed by atoms with Crippen LogP contribution >= 0.6 is 0 Å². The van der Waals surface area contributed by atoms with E-state index in [9.17, 15) is 5.11 Å². The van der Waals surface area contributed by atoms with E-state index in [1.807, 2.05) is 78.9 Å². The number of anilines is 1. The summed E-state index contributed by atoms with van der Waals surface area (Å²) in [5.74, 6) is 1.42. The Hall–Kier alpha value is -3.02. The summed E-state index contributed by atoms with van der Waals surface area (Å²) < 4.78 is 11.5. The van der Waals surface area contributed by atoms with E-state index in [-0.39, 0.29) is 6.61 Å². The summed E-state index contributed by atoms with van der Waals surface area (Å²) in [6.45, 7) is 1.98. The van der Waals surface area contributed by atoms with Crippen molar-refractivity contribution in [3.8, 4) is 11.5 Å². The van der Waals surface area contributed by atoms with Crippen LogP contribution in [-0.4, -0.2) is 30.9 Å². The number of rotatable bonds is 11. The third-order valence-corrected chi connectivity index (χ3v) is 4.45. The summed E-state index contributed by atoms with van der Waals surface area (Å²) in [7, 11) is 0. The molecule has 0 unspecified atom stereocenters. The third kappa shape index (κ3) is 7.49. The molecule has 0 amide bonds. The lowest BCUT2D eigenvalue weighted by Crippen LogP contribution is -2.32. The maximum absolute atomic E-state index is 10.1. The van der Waals surface area contributed by atoms with Crippen LogP contribution in [0.3, 0.4) is 0 Å². The maximum Gasteiger partial charge on any atom is 0.123 e. The number of hydrogen-bond acceptors (Lipinski definition) is 5. The first-order valence-electron chi connectivity index (χ1n) is 9.82. The number of nitrogen functional groups attached to an aromatic ring is 1. The second kappa shape index (κ2) is 11.1. The number of nitrogens with two attached hydrogens (primary N) is 1. The van der Waals surface area contributed by atoms with Gasteiger partial charge in [0.15, 0.2) is 0 Å². The third-order valence-electron chi connectivity index (χ3n) is 4.45. The van der Waals surface area contributed by atoms with Gasteiger partial charge in [-0.3, -0.25) is 0 Å². The van der Waals surface area contributed by atoms with E-state index in [2.05, 4.69) is 5.32 Å². The Labute approximate surface area is 172 Å². The van der Waals surface area contributed by atoms with Crippen molar-refractivity contribution < 1.29 is 14.6 Å². The topological polar surface area (TPSA) is 76.7 Å². The van der Waals surface area contributed by atoms with Gasteiger partial charge in [0.2, 0.25) is 0 Å². The molecule has 0 heterocycles. The first-order valence-corrected chi connectivity index (χ1v) is 9.82. The zero-order chi connectivity index (χ0) is 20.3. The molecule has 3 aromatic carbocycles. The normalized spacial score (nSPS) is 11.8. The molecule has 1 atom stereocenters. The molecule has 0 radical (unpaired) electrons. The average Bonchev–Trinajstić information content (AvgIpc) is 2.76. The first kappa shape index (κ1) is 20.7. The van der Waals surface area contributed by atoms with Gasteiger partial charge in [0.05, 0.1) is 0 Å². The summed E-state index contributed by atoms with van der Waals surface area (Å²) in [4.78, 5) is 0. The molecule has 0 saturated heterocycles. The number of ether oxygens (including phenoxy) is 2. The minimum Gasteiger partial charge on any atom is -0.491 e. The lowest BCUT2D eigenvalue weighted by atomic mass is 10.1. The van der Waals surface area contributed by atoms with E-state index in [0.29, 0.717) is 18.9 Å². The molecular weight excluding hydrogens is 364 g/mol. The van der Waals surface area contributed by atoms with Crippen LogP contribution in [0, 0.1) is 0 Å². The molecule has 0 aromatic heterocycles. The Morgan fingerprint density at radius 2 is 1.55 bits per heavy atom. The fourth-order valence-corrected chi connectivity index (χ4v) is 2.83. The summed E-state index contributed by atoms with van der Waals surface area (Å²) >= 11 is 0. The van der Waals surface area contributed by atoms with Crippen LogP contribution in [0.1, 0.15) is 11.1 Å². The molecule has 0 aliphatic rings. The molecule has 5 heteroatoms. The molecule has 0 fully saturated rings. The van der Waals surface area contributed by atoms with E-state index >= 15 is 0 Å². The number of benzene rings is 3. The zero-order valence-corrected chi connectivity index (χ0v) is 16.5. The molecular formula is C24H28N2O3. The maximum atomic E-state index is 10.1. The number of aliphatic hydroxyl groups excluding tert-OH is 1. The molecule has 0 aliphatic carbocycles. The van der Waals surface area contributed by atoms with Gasteiger partial charge < -0.3 is 25.6 Å². The summed E-state index contributed by atoms with van der Waals surface area (Å²) in [5, 5.41) is 13.4. The van der Waals surface area contributed by atoms with Crippen molar-refractivity contribution in [1.82, 2.24) is 5.32 Å². The molecule has 3 aromatic rings. The van der Waals surface area contributed by atoms with Gasteiger partial charge >= 0.3 is 0 Å². The van der Waals surface area contributed by atoms with Gasteiger partial charge in [-0.2, -0.15) is 0 Å². The minimum absolute atomic E-state index is 0.219. The van der Waals surface area contributed by atoms with Crippen molar-refractivity contribution in [2.75, 3.05) is 25.4 Å². The van der Waals surface area contributed by atoms with Crippen LogP contribution in [0.4, 0.5) is 5.69 Å². The van der Waals surface area contributed by atoms with Gasteiger partial charge in [0, 0.05) is 18.3 Å². The Balaban J connectivity index is 1.35. The summed E-state index contributed by atoms with van der Waals surface area (Å²) in [6, 6.07) is 25.3. The van der Waals surface area contributed by atoms with Crippen LogP contribution in [0.5, 0.6) is 11.5 Å². The Kier molecular flexibility index (Phi) is 7.92. The highest BCUT2D eigenvalue weighted by molar-refractivity contribution is 5.39. The fraction of sp³-hybridized carbons (Fsp3) is 0.250. The van der Waals surface area contributed by atoms with E-state index in [1.165, 1.54) is 5.56 Å². The lowest BCUT2D eigenvalue weighted by molar-refractivity contribution is 0.106. The largest absolute Gasteiger partial charge is 0.491 e. The SMILES string of the molecule is Nc1ccc(CCNC[C@H](O)COc2cccc(OCc3ccccc3)c2)cc1. The predicted molar refractivity (Wildman–Crippen MR) is 116 cm³/mol. The molecule has 3 rings (SSSR count). The summed E-state index contributed by atoms with van der Waals surface area (Å²) in [5.41, 5.74) is 8.78. The molecule has 0 spiro atoms. The van der Waals surface area contributed by atoms with Crippen LogP contribution in [-0.2, 0) is 13.0 Å². The predicted octanol–water partition coefficient (Wildman–Crippen LogP) is 3.42. The molecule has 0 saturated carbocycles. The average molecular weight is 392 g/mol. The number of hydrogen-bond donors (Lipinski definition) is 3. The van der Waals surface area contributed by atoms with Crippen molar-refractivity contribution in [3.63, 3.8) is 0 Å². The Bertz CT molecular complexity index is 854. The van der Waals surface area contributed by atoms with Gasteiger partial charge in [-0.05, 0) is 48.4 Å². The van der Waals surface area contributed by atoms with Crippen molar-refractivity contribution in [1.29, 1.82) is 0 Å². The fourth-order valence-electron chi connectivity index (χ4n) is 2.83. The van der Waals surface area contributed by atoms with Gasteiger partial charge in [0.1, 0.15) is 30.8 Å². The highest BCUT2D eigenvalue weighted by Crippen LogP contribution is 2.20. The monoisotopic (exact) mass is 392 g/mol. The van der Waals surface area contributed by atoms with Crippen LogP contribution in [0.15, 0.2) is 78.9 Å². The highest BCUT2D eigenvalue weighted by atomic mass is 16.5. The van der Waals surface area contributed by atoms with Crippen molar-refractivity contribution in [3.05, 3.63) is 90.0 Å². The first-order chi connectivity index (χ1) is 14.2. The number of aliphatic hydroxyl groups is 1. The van der Waals surface area contributed by atoms with Gasteiger partial charge in [-0.1, -0.05) is 48.5 Å². The zero-order valence-electron chi connectivity index (χ0n) is 16.5. The smallest absolute Gasteiger partial charge is 0.123 e. The standard InChI is InChI=1S/C24H28N2O3/c25-21-11-9-19(10-12-21)13-14-26-16-22(27)18-29-24-8-4-7-23(15-24)28-17-20-5-2-1-3-6-20/h1-12,15,22,26-27H,13-14,16-18,25H2/t22-/m0/s1. The van der Waals surface area contributed by atoms with E-state index < -0.39 is 6.10 Å². The second-order valence-corrected chi connectivity index (χ2v) is 6.91. The van der Waals surface area contributed by atoms with Gasteiger partial charge in [-0.25, -0.2) is 0 Å². The quantitative estimate of drug-likeness (QED) is 0.344. The summed E-state index contributed by atoms with van der Waals surface area (Å²) in [6.07, 6.45) is 0.296. The molecule has 152 valence electrons.